The van der Waals surface area contributed by atoms with E-state index in [1.165, 1.54) is 91.1 Å². The first kappa shape index (κ1) is 115. The number of phenolic OH excluding ortho intramolecular Hbond substituents is 1. The summed E-state index contributed by atoms with van der Waals surface area (Å²) in [4.78, 5) is 286. The molecule has 21 N–H and O–H groups in total. The fourth-order valence-electron chi connectivity index (χ4n) is 18.8. The molecule has 149 heavy (non-hydrogen) atoms. The molecule has 0 unspecified atom stereocenters. The van der Waals surface area contributed by atoms with Crippen molar-refractivity contribution in [2.75, 3.05) is 76.9 Å². The number of primary amides is 2. The van der Waals surface area contributed by atoms with Gasteiger partial charge < -0.3 is 125 Å². The number of phenols is 1. The number of aromatic nitrogens is 4. The zero-order valence-electron chi connectivity index (χ0n) is 85.4. The number of nitrogens with zero attached hydrogens (tertiary/aromatic N) is 8. The molecule has 0 bridgehead atoms. The van der Waals surface area contributed by atoms with Crippen molar-refractivity contribution in [3.8, 4) is 5.75 Å². The number of aliphatic hydroxyl groups is 1. The molecule has 8 aromatic rings. The second kappa shape index (κ2) is 53.7. The number of aliphatic carboxylic acids is 1. The van der Waals surface area contributed by atoms with Gasteiger partial charge in [-0.05, 0) is 124 Å². The monoisotopic (exact) mass is 2120 g/mol. The van der Waals surface area contributed by atoms with Crippen molar-refractivity contribution >= 4 is 189 Å². The van der Waals surface area contributed by atoms with E-state index in [0.29, 0.717) is 79.6 Å². The molecule has 17 amide bonds. The van der Waals surface area contributed by atoms with Crippen LogP contribution in [0.3, 0.4) is 0 Å². The van der Waals surface area contributed by atoms with Gasteiger partial charge in [0.2, 0.25) is 100 Å². The third-order valence-corrected chi connectivity index (χ3v) is 29.4. The summed E-state index contributed by atoms with van der Waals surface area (Å²) in [7, 11) is 3.93. The Hall–Kier alpha value is -14.1. The Kier molecular flexibility index (Phi) is 41.5. The van der Waals surface area contributed by atoms with E-state index in [1.54, 1.807) is 88.7 Å². The van der Waals surface area contributed by atoms with Gasteiger partial charge in [0, 0.05) is 116 Å². The van der Waals surface area contributed by atoms with Gasteiger partial charge in [-0.3, -0.25) is 86.3 Å². The summed E-state index contributed by atoms with van der Waals surface area (Å²) in [6.45, 7) is 9.36. The number of nitrogens with two attached hydrogens (primary N) is 3. The van der Waals surface area contributed by atoms with Gasteiger partial charge in [-0.15, -0.1) is 23.1 Å². The van der Waals surface area contributed by atoms with E-state index in [9.17, 15) is 48.9 Å². The number of H-pyrrole nitrogens is 1. The zero-order chi connectivity index (χ0) is 108. The number of carboxylic acid groups (broad SMARTS) is 1. The lowest BCUT2D eigenvalue weighted by atomic mass is 9.99. The minimum absolute atomic E-state index is 0.00377. The van der Waals surface area contributed by atoms with Crippen molar-refractivity contribution in [3.63, 3.8) is 0 Å². The van der Waals surface area contributed by atoms with Crippen molar-refractivity contribution in [3.05, 3.63) is 126 Å². The van der Waals surface area contributed by atoms with E-state index < -0.39 is 254 Å². The molecule has 11 rings (SSSR count). The van der Waals surface area contributed by atoms with Crippen LogP contribution in [0.1, 0.15) is 149 Å². The van der Waals surface area contributed by atoms with Crippen LogP contribution in [0.4, 0.5) is 5.82 Å². The molecule has 0 aliphatic carbocycles. The molecule has 15 atom stereocenters. The lowest BCUT2D eigenvalue weighted by Gasteiger charge is -2.36. The van der Waals surface area contributed by atoms with E-state index >= 15 is 52.7 Å². The molecule has 804 valence electrons. The normalized spacial score (nSPS) is 23.7. The van der Waals surface area contributed by atoms with Crippen molar-refractivity contribution in [2.45, 2.75) is 254 Å². The van der Waals surface area contributed by atoms with Crippen molar-refractivity contribution in [1.82, 2.24) is 97.2 Å². The number of hydrogen-bond acceptors (Lipinski definition) is 27. The summed E-state index contributed by atoms with van der Waals surface area (Å²) in [5.74, 6) is -18.7. The topological polar surface area (TPSA) is 641 Å². The maximum atomic E-state index is 16.1. The number of likely N-dealkylation sites (N-methyl/N-ethyl adjacent to an activating group) is 3. The predicted octanol–water partition coefficient (Wildman–Crippen LogP) is 1.79. The summed E-state index contributed by atoms with van der Waals surface area (Å²) in [6.07, 6.45) is 2.46. The van der Waals surface area contributed by atoms with Gasteiger partial charge in [0.1, 0.15) is 103 Å². The number of hydrogen-bond donors (Lipinski definition) is 18. The Morgan fingerprint density at radius 3 is 1.81 bits per heavy atom. The Balaban J connectivity index is 0.988. The van der Waals surface area contributed by atoms with Crippen molar-refractivity contribution in [1.29, 1.82) is 0 Å². The standard InChI is InChI=1S/C102H137N23O21S3/c1-12-14-27-76-94(139)111-67(39-54(3)4)91(136)117-74(89(134)108-48-82(105)129)52-148-53-83(130)109-70(41-57-32-34-60(126)35-33-57)97(142)120(8)56(7)88(133)113-72(45-81(104)128)99(144)124-38-22-30-77(124)95(140)116-73(47-107-87-86-85(118-102(119-87)147-11)64-25-18-21-31-80(64)149-86)93(138)114-69(40-55(5)6)100(145)125-50-61(127)44-79(125)96(141)112-68(42-58-46-106-65-26-19-16-23-62(58)65)92(137)110-66(36-37-103)90(135)115-71(98(143)122(10)78(28-15-13-2)101(146)121(76)9)43-59-49-123(51-84(131)132)75-29-20-17-24-63(59)75/h16-21,23-26,29,31-35,46,49,54-56,61,66-74,76-79,106,126-127H,12-15,22,27-28,30,36-45,47-48,50-53,103H2,1-11H3,(H2,104,128)(H2,105,129)(H,108,134)(H,109,130)(H,110,137)(H,111,139)(H,112,141)(H,113,133)(H,114,138)(H,115,135)(H,116,140)(H,117,136)(H,131,132)(H,107,118,119)/t56-,61+,66-,67-,68-,69-,70-,71-,72-,73-,74-,76-,77-,78-,79-/m0/s1. The summed E-state index contributed by atoms with van der Waals surface area (Å²) in [5.41, 5.74) is 20.5. The Morgan fingerprint density at radius 2 is 1.14 bits per heavy atom. The van der Waals surface area contributed by atoms with Crippen molar-refractivity contribution < 1.29 is 102 Å². The van der Waals surface area contributed by atoms with Crippen LogP contribution in [0.5, 0.6) is 5.75 Å². The highest BCUT2D eigenvalue weighted by molar-refractivity contribution is 8.00. The highest BCUT2D eigenvalue weighted by atomic mass is 32.2. The lowest BCUT2D eigenvalue weighted by molar-refractivity contribution is -0.149. The summed E-state index contributed by atoms with van der Waals surface area (Å²) >= 11 is 3.36. The van der Waals surface area contributed by atoms with Gasteiger partial charge in [0.25, 0.3) is 0 Å². The highest BCUT2D eigenvalue weighted by Crippen LogP contribution is 2.38. The molecule has 0 saturated carbocycles. The number of thiophene rings is 1. The van der Waals surface area contributed by atoms with E-state index in [-0.39, 0.29) is 94.8 Å². The van der Waals surface area contributed by atoms with E-state index in [1.807, 2.05) is 38.1 Å². The number of benzene rings is 4. The average molecular weight is 2120 g/mol. The minimum atomic E-state index is -1.81. The molecule has 4 aromatic carbocycles. The molecule has 7 heterocycles. The minimum Gasteiger partial charge on any atom is -0.508 e. The van der Waals surface area contributed by atoms with E-state index in [4.69, 9.17) is 27.2 Å². The number of aromatic hydroxyl groups is 1. The molecule has 44 nitrogen and oxygen atoms in total. The molecule has 0 spiro atoms. The van der Waals surface area contributed by atoms with Crippen LogP contribution < -0.4 is 75.7 Å². The quantitative estimate of drug-likeness (QED) is 0.0235. The van der Waals surface area contributed by atoms with E-state index in [2.05, 4.69) is 63.5 Å². The summed E-state index contributed by atoms with van der Waals surface area (Å²) in [6, 6.07) is 4.95. The smallest absolute Gasteiger partial charge is 0.323 e. The first-order chi connectivity index (χ1) is 71.0. The van der Waals surface area contributed by atoms with Crippen LogP contribution in [0.15, 0.2) is 115 Å². The number of aliphatic hydroxyl groups excluding tert-OH is 1. The van der Waals surface area contributed by atoms with Gasteiger partial charge in [0.05, 0.1) is 35.0 Å². The maximum Gasteiger partial charge on any atom is 0.323 e. The molecule has 0 radical (unpaired) electrons. The largest absolute Gasteiger partial charge is 0.508 e. The third-order valence-electron chi connectivity index (χ3n) is 26.7. The van der Waals surface area contributed by atoms with Gasteiger partial charge in [-0.25, -0.2) is 9.97 Å². The van der Waals surface area contributed by atoms with Crippen LogP contribution in [0, 0.1) is 11.8 Å². The second-order valence-corrected chi connectivity index (χ2v) is 41.6. The number of thioether (sulfide) groups is 2. The van der Waals surface area contributed by atoms with Crippen molar-refractivity contribution in [2.24, 2.45) is 29.0 Å². The average Bonchev–Trinajstić information content (AvgIpc) is 1.62. The number of carbonyl (C=O) groups excluding carboxylic acids is 17. The number of anilines is 1. The number of aromatic amines is 1. The molecular weight excluding hydrogens is 1980 g/mol. The number of carbonyl (C=O) groups is 18. The number of nitrogens with one attached hydrogen (secondary N) is 12. The molecular formula is C102H137N23O21S3. The number of para-hydroxylation sites is 2. The summed E-state index contributed by atoms with van der Waals surface area (Å²) < 4.78 is 2.85. The third kappa shape index (κ3) is 30.4. The number of amides is 17. The van der Waals surface area contributed by atoms with Crippen LogP contribution in [-0.4, -0.2) is 328 Å². The number of carboxylic acids is 1. The number of fused-ring (bicyclic) bond motifs is 7. The Labute approximate surface area is 874 Å². The fourth-order valence-corrected chi connectivity index (χ4v) is 21.1. The molecule has 3 saturated heterocycles. The van der Waals surface area contributed by atoms with Crippen LogP contribution in [0.25, 0.3) is 42.1 Å². The highest BCUT2D eigenvalue weighted by Gasteiger charge is 2.47. The fraction of sp³-hybridized carbons (Fsp3) is 0.510. The molecule has 3 fully saturated rings. The SMILES string of the molecule is CCCC[C@H]1C(=O)N(C)[C@@H](CCCC)C(=O)N[C@@H](CC(C)C)C(=O)N[C@H](C(=O)NCC(N)=O)CSCC(=O)N[C@@H](Cc2ccc(O)cc2)C(=O)N(C)[C@@H](C)C(=O)N[C@@H](CC(N)=O)C(=O)N2CCC[C@H]2C(=O)N[C@@H](CNc2nc(SC)nc3c2sc2ccccc23)C(=O)N[C@@H](CC(C)C)C(=O)N2C[C@H](O)C[C@H]2C(=O)N[C@@H](Cc2c[nH]c3ccccc23)C(=O)N[C@@H](CCN)C(=O)N[C@@H](Cc2cn(CC(=O)O)c3ccccc23)C(=O)N1C. The van der Waals surface area contributed by atoms with Crippen LogP contribution in [0.2, 0.25) is 0 Å². The molecule has 4 aromatic heterocycles. The van der Waals surface area contributed by atoms with Crippen LogP contribution >= 0.6 is 34.9 Å². The lowest BCUT2D eigenvalue weighted by Crippen LogP contribution is -2.61. The molecule has 47 heteroatoms. The van der Waals surface area contributed by atoms with Gasteiger partial charge in [-0.1, -0.05) is 146 Å². The first-order valence-electron chi connectivity index (χ1n) is 50.0. The van der Waals surface area contributed by atoms with Gasteiger partial charge in [0.15, 0.2) is 5.16 Å². The Morgan fingerprint density at radius 1 is 0.570 bits per heavy atom. The predicted molar refractivity (Wildman–Crippen MR) is 561 cm³/mol. The maximum absolute atomic E-state index is 16.1. The first-order valence-corrected chi connectivity index (χ1v) is 53.2. The Bertz CT molecular complexity index is 6220. The van der Waals surface area contributed by atoms with Crippen LogP contribution in [-0.2, 0) is 112 Å². The van der Waals surface area contributed by atoms with Gasteiger partial charge in [-0.2, -0.15) is 0 Å². The second-order valence-electron chi connectivity index (χ2n) is 38.8. The molecule has 3 aliphatic rings. The number of unbranched alkanes of at least 4 members (excludes halogenated alkanes) is 2. The summed E-state index contributed by atoms with van der Waals surface area (Å²) in [5, 5.41) is 64.9. The number of rotatable bonds is 29. The van der Waals surface area contributed by atoms with E-state index in [0.717, 1.165) is 41.4 Å². The zero-order valence-corrected chi connectivity index (χ0v) is 87.9. The molecule has 3 aliphatic heterocycles. The van der Waals surface area contributed by atoms with Gasteiger partial charge >= 0.3 is 5.97 Å².